The van der Waals surface area contributed by atoms with Gasteiger partial charge in [-0.25, -0.2) is 13.2 Å². The van der Waals surface area contributed by atoms with Gasteiger partial charge in [0.05, 0.1) is 15.6 Å². The van der Waals surface area contributed by atoms with Crippen LogP contribution in [0.1, 0.15) is 7.43 Å². The lowest BCUT2D eigenvalue weighted by Gasteiger charge is -2.32. The van der Waals surface area contributed by atoms with Crippen molar-refractivity contribution in [3.8, 4) is 0 Å². The van der Waals surface area contributed by atoms with Crippen molar-refractivity contribution < 1.29 is 99.0 Å². The Labute approximate surface area is 154 Å². The van der Waals surface area contributed by atoms with Crippen LogP contribution in [0, 0.1) is 0 Å². The minimum absolute atomic E-state index is 0. The Kier molecular flexibility index (Phi) is 16.3. The van der Waals surface area contributed by atoms with Gasteiger partial charge in [-0.15, -0.1) is 0 Å². The van der Waals surface area contributed by atoms with Crippen molar-refractivity contribution in [2.24, 2.45) is 0 Å². The molecule has 0 saturated heterocycles. The first kappa shape index (κ1) is 36.2. The second kappa shape index (κ2) is 12.6. The van der Waals surface area contributed by atoms with E-state index in [-0.39, 0.29) is 7.43 Å². The summed E-state index contributed by atoms with van der Waals surface area (Å²) in [4.78, 5) is 104. The van der Waals surface area contributed by atoms with Crippen LogP contribution in [0.15, 0.2) is 0 Å². The highest BCUT2D eigenvalue weighted by Gasteiger charge is 2.30. The predicted molar refractivity (Wildman–Crippen MR) is 66.7 cm³/mol. The Morgan fingerprint density at radius 3 is 0.750 bits per heavy atom. The third-order valence-corrected chi connectivity index (χ3v) is 5.54. The molecule has 0 aromatic heterocycles. The van der Waals surface area contributed by atoms with Crippen molar-refractivity contribution in [1.82, 2.24) is 0 Å². The van der Waals surface area contributed by atoms with E-state index in [9.17, 15) is 47.3 Å². The van der Waals surface area contributed by atoms with E-state index < -0.39 is 46.9 Å². The second-order valence-corrected chi connectivity index (χ2v) is 10.6. The van der Waals surface area contributed by atoms with E-state index in [0.29, 0.717) is 0 Å². The first-order valence-corrected chi connectivity index (χ1v) is 13.4. The number of hydrogen-bond acceptors (Lipinski definition) is 16. The Morgan fingerprint density at radius 2 is 0.679 bits per heavy atom. The van der Waals surface area contributed by atoms with Gasteiger partial charge in [-0.05, 0) is 0 Å². The average Bonchev–Trinajstić information content (AvgIpc) is 1.96. The molecular formula is CH9O21P6-7. The molecule has 0 rings (SSSR count). The normalized spacial score (nSPS) is 20.1. The molecule has 21 nitrogen and oxygen atoms in total. The van der Waals surface area contributed by atoms with E-state index in [1.54, 1.807) is 0 Å². The van der Waals surface area contributed by atoms with Crippen molar-refractivity contribution in [1.29, 1.82) is 0 Å². The van der Waals surface area contributed by atoms with E-state index in [1.807, 2.05) is 0 Å². The lowest BCUT2D eigenvalue weighted by atomic mass is 12.0. The number of phosphoric acid groups is 6. The quantitative estimate of drug-likeness (QED) is 0.194. The molecule has 3 atom stereocenters. The number of hydrogen-bond donors (Lipinski definition) is 5. The summed E-state index contributed by atoms with van der Waals surface area (Å²) in [6.45, 7) is 0. The number of rotatable bonds is 6. The monoisotopic (exact) mass is 543 g/mol. The van der Waals surface area contributed by atoms with Gasteiger partial charge < -0.3 is 67.9 Å². The first-order chi connectivity index (χ1) is 11.1. The summed E-state index contributed by atoms with van der Waals surface area (Å²) < 4.78 is 65.8. The van der Waals surface area contributed by atoms with Gasteiger partial charge in [0, 0.05) is 0 Å². The molecule has 0 aromatic carbocycles. The minimum atomic E-state index is -5.63. The molecule has 0 aromatic rings. The molecule has 0 heterocycles. The van der Waals surface area contributed by atoms with Gasteiger partial charge in [0.15, 0.2) is 0 Å². The van der Waals surface area contributed by atoms with Gasteiger partial charge in [0.2, 0.25) is 0 Å². The smallest absolute Gasteiger partial charge is 0.485 e. The fraction of sp³-hybridized carbons (Fsp3) is 1.00. The fourth-order valence-electron chi connectivity index (χ4n) is 0.402. The van der Waals surface area contributed by atoms with Crippen LogP contribution in [0.5, 0.6) is 0 Å². The summed E-state index contributed by atoms with van der Waals surface area (Å²) in [7, 11) is -33.0. The third kappa shape index (κ3) is 50.5. The lowest BCUT2D eigenvalue weighted by Crippen LogP contribution is -2.17. The maximum absolute atomic E-state index is 10.3. The zero-order chi connectivity index (χ0) is 23.1. The molecule has 0 radical (unpaired) electrons. The van der Waals surface area contributed by atoms with Gasteiger partial charge in [-0.1, -0.05) is 7.43 Å². The van der Waals surface area contributed by atoms with Crippen LogP contribution in [0.3, 0.4) is 0 Å². The predicted octanol–water partition coefficient (Wildman–Crippen LogP) is -6.22. The van der Waals surface area contributed by atoms with Crippen LogP contribution in [0.2, 0.25) is 0 Å². The SMILES string of the molecule is C.O=P([O-])(O)OP(=O)(O)OP(=O)([O-])O.O=P([O-])([O-])O.O=P([O-])([O-])OP(=O)([O-])O. The second-order valence-electron chi connectivity index (χ2n) is 3.03. The summed E-state index contributed by atoms with van der Waals surface area (Å²) in [5.41, 5.74) is 0. The van der Waals surface area contributed by atoms with Gasteiger partial charge in [0.1, 0.15) is 0 Å². The van der Waals surface area contributed by atoms with Gasteiger partial charge in [0.25, 0.3) is 23.5 Å². The molecular weight excluding hydrogens is 534 g/mol. The molecule has 176 valence electrons. The van der Waals surface area contributed by atoms with Crippen molar-refractivity contribution in [2.45, 2.75) is 7.43 Å². The van der Waals surface area contributed by atoms with Crippen LogP contribution in [0.4, 0.5) is 0 Å². The summed E-state index contributed by atoms with van der Waals surface area (Å²) in [5, 5.41) is 0. The highest BCUT2D eigenvalue weighted by atomic mass is 31.3. The molecule has 0 aliphatic carbocycles. The minimum Gasteiger partial charge on any atom is -0.790 e. The summed E-state index contributed by atoms with van der Waals surface area (Å²) in [6.07, 6.45) is 0. The van der Waals surface area contributed by atoms with E-state index in [1.165, 1.54) is 0 Å². The lowest BCUT2D eigenvalue weighted by molar-refractivity contribution is -0.340. The molecule has 3 unspecified atom stereocenters. The van der Waals surface area contributed by atoms with Crippen molar-refractivity contribution in [2.75, 3.05) is 0 Å². The maximum atomic E-state index is 10.3. The largest absolute Gasteiger partial charge is 0.790 e. The standard InChI is InChI=1S/CH4.H5O10P3.H4O7P2.H3O4P/c;1-11(2,3)9-13(7,8)10-12(4,5)6;1-8(2,3)7-9(4,5)6;1-5(2,3)4/h1H4;(H,7,8)(H2,1,2,3)(H2,4,5,6);(H2,1,2,3)(H2,4,5,6);(H3,1,2,3,4)/p-7. The fourth-order valence-corrected chi connectivity index (χ4v) is 3.89. The topological polar surface area (TPSA) is 393 Å². The summed E-state index contributed by atoms with van der Waals surface area (Å²) >= 11 is 0. The Hall–Kier alpha value is 0.780. The average molecular weight is 543 g/mol. The van der Waals surface area contributed by atoms with Crippen molar-refractivity contribution in [3.05, 3.63) is 0 Å². The molecule has 28 heavy (non-hydrogen) atoms. The molecule has 5 N–H and O–H groups in total. The molecule has 0 bridgehead atoms. The van der Waals surface area contributed by atoms with Crippen LogP contribution >= 0.6 is 46.9 Å². The zero-order valence-electron chi connectivity index (χ0n) is 11.5. The van der Waals surface area contributed by atoms with E-state index in [2.05, 4.69) is 12.9 Å². The van der Waals surface area contributed by atoms with Crippen LogP contribution < -0.4 is 34.3 Å². The Bertz CT molecular complexity index is 658. The van der Waals surface area contributed by atoms with Crippen LogP contribution in [-0.4, -0.2) is 24.5 Å². The van der Waals surface area contributed by atoms with Crippen LogP contribution in [-0.2, 0) is 40.3 Å². The molecule has 0 amide bonds. The third-order valence-electron chi connectivity index (χ3n) is 0.616. The molecule has 0 fully saturated rings. The molecule has 0 aliphatic heterocycles. The van der Waals surface area contributed by atoms with Gasteiger partial charge in [-0.2, -0.15) is 0 Å². The van der Waals surface area contributed by atoms with E-state index in [0.717, 1.165) is 0 Å². The molecule has 0 spiro atoms. The summed E-state index contributed by atoms with van der Waals surface area (Å²) in [5.74, 6) is 0. The highest BCUT2D eigenvalue weighted by molar-refractivity contribution is 7.65. The zero-order valence-corrected chi connectivity index (χ0v) is 16.8. The Balaban J connectivity index is -0.000000167. The van der Waals surface area contributed by atoms with Crippen molar-refractivity contribution >= 4 is 46.9 Å². The van der Waals surface area contributed by atoms with Gasteiger partial charge in [-0.3, -0.25) is 18.0 Å². The Morgan fingerprint density at radius 1 is 0.500 bits per heavy atom. The molecule has 27 heteroatoms. The molecule has 0 aliphatic rings. The first-order valence-electron chi connectivity index (χ1n) is 4.47. The maximum Gasteiger partial charge on any atom is 0.485 e. The highest BCUT2D eigenvalue weighted by Crippen LogP contribution is 2.62. The van der Waals surface area contributed by atoms with Crippen LogP contribution in [0.25, 0.3) is 0 Å². The van der Waals surface area contributed by atoms with Gasteiger partial charge >= 0.3 is 7.82 Å². The van der Waals surface area contributed by atoms with E-state index in [4.69, 9.17) is 38.8 Å². The summed E-state index contributed by atoms with van der Waals surface area (Å²) in [6, 6.07) is 0. The van der Waals surface area contributed by atoms with Crippen molar-refractivity contribution in [3.63, 3.8) is 0 Å². The van der Waals surface area contributed by atoms with E-state index >= 15 is 0 Å². The molecule has 0 saturated carbocycles.